The van der Waals surface area contributed by atoms with Crippen LogP contribution in [0.2, 0.25) is 0 Å². The second-order valence-electron chi connectivity index (χ2n) is 5.00. The van der Waals surface area contributed by atoms with E-state index < -0.39 is 12.0 Å². The van der Waals surface area contributed by atoms with Crippen LogP contribution in [0.3, 0.4) is 0 Å². The summed E-state index contributed by atoms with van der Waals surface area (Å²) in [5.41, 5.74) is 1.13. The van der Waals surface area contributed by atoms with Gasteiger partial charge in [-0.3, -0.25) is 14.9 Å². The Morgan fingerprint density at radius 1 is 1.55 bits per heavy atom. The average Bonchev–Trinajstić information content (AvgIpc) is 3.18. The summed E-state index contributed by atoms with van der Waals surface area (Å²) < 4.78 is 5.54. The fourth-order valence-corrected chi connectivity index (χ4v) is 2.01. The largest absolute Gasteiger partial charge is 0.494 e. The van der Waals surface area contributed by atoms with Crippen LogP contribution in [0.5, 0.6) is 5.75 Å². The van der Waals surface area contributed by atoms with Gasteiger partial charge in [0.25, 0.3) is 0 Å². The van der Waals surface area contributed by atoms with E-state index in [0.717, 1.165) is 11.3 Å². The topological polar surface area (TPSA) is 81.5 Å². The maximum Gasteiger partial charge on any atom is 0.230 e. The van der Waals surface area contributed by atoms with Gasteiger partial charge in [0.1, 0.15) is 11.7 Å². The molecule has 108 valence electrons. The van der Waals surface area contributed by atoms with Gasteiger partial charge in [0.15, 0.2) is 0 Å². The van der Waals surface area contributed by atoms with E-state index in [9.17, 15) is 14.9 Å². The van der Waals surface area contributed by atoms with Crippen molar-refractivity contribution in [3.05, 3.63) is 39.9 Å². The van der Waals surface area contributed by atoms with Gasteiger partial charge in [-0.1, -0.05) is 12.1 Å². The van der Waals surface area contributed by atoms with E-state index in [2.05, 4.69) is 5.32 Å². The zero-order chi connectivity index (χ0) is 14.5. The van der Waals surface area contributed by atoms with Crippen LogP contribution in [0, 0.1) is 23.0 Å². The Kier molecular flexibility index (Phi) is 4.55. The van der Waals surface area contributed by atoms with Crippen molar-refractivity contribution in [2.45, 2.75) is 25.8 Å². The Bertz CT molecular complexity index is 504. The number of benzene rings is 1. The van der Waals surface area contributed by atoms with Crippen LogP contribution in [0.4, 0.5) is 0 Å². The molecule has 1 N–H and O–H groups in total. The van der Waals surface area contributed by atoms with Crippen molar-refractivity contribution in [3.8, 4) is 5.75 Å². The van der Waals surface area contributed by atoms with Gasteiger partial charge in [0, 0.05) is 17.9 Å². The van der Waals surface area contributed by atoms with Crippen molar-refractivity contribution in [2.24, 2.45) is 5.92 Å². The number of carbonyl (C=O) groups excluding carboxylic acids is 1. The van der Waals surface area contributed by atoms with Gasteiger partial charge >= 0.3 is 0 Å². The number of carbonyl (C=O) groups is 1. The Morgan fingerprint density at radius 3 is 3.00 bits per heavy atom. The molecule has 6 nitrogen and oxygen atoms in total. The molecule has 1 amide bonds. The van der Waals surface area contributed by atoms with E-state index >= 15 is 0 Å². The standard InChI is InChI=1S/C14H18N2O4/c1-10-4-2-5-11(8-10)20-7-3-6-15-14(17)12-9-13(12)16(18)19/h2,4-5,8,12-13H,3,6-7,9H2,1H3,(H,15,17). The van der Waals surface area contributed by atoms with Gasteiger partial charge in [-0.25, -0.2) is 0 Å². The summed E-state index contributed by atoms with van der Waals surface area (Å²) in [6.45, 7) is 2.98. The second kappa shape index (κ2) is 6.36. The molecule has 2 atom stereocenters. The van der Waals surface area contributed by atoms with Crippen molar-refractivity contribution in [1.29, 1.82) is 0 Å². The van der Waals surface area contributed by atoms with E-state index in [-0.39, 0.29) is 10.8 Å². The number of aryl methyl sites for hydroxylation is 1. The van der Waals surface area contributed by atoms with Crippen LogP contribution in [0.1, 0.15) is 18.4 Å². The first-order chi connectivity index (χ1) is 9.58. The predicted molar refractivity (Wildman–Crippen MR) is 73.2 cm³/mol. The maximum atomic E-state index is 11.5. The molecule has 6 heteroatoms. The second-order valence-corrected chi connectivity index (χ2v) is 5.00. The highest BCUT2D eigenvalue weighted by atomic mass is 16.6. The molecule has 1 aliphatic rings. The molecule has 2 unspecified atom stereocenters. The first-order valence-corrected chi connectivity index (χ1v) is 6.68. The fraction of sp³-hybridized carbons (Fsp3) is 0.500. The average molecular weight is 278 g/mol. The van der Waals surface area contributed by atoms with E-state index in [1.165, 1.54) is 0 Å². The molecule has 0 heterocycles. The third-order valence-electron chi connectivity index (χ3n) is 3.24. The highest BCUT2D eigenvalue weighted by Crippen LogP contribution is 2.32. The van der Waals surface area contributed by atoms with Crippen LogP contribution in [0.15, 0.2) is 24.3 Å². The first kappa shape index (κ1) is 14.3. The van der Waals surface area contributed by atoms with Crippen molar-refractivity contribution >= 4 is 5.91 Å². The molecule has 0 radical (unpaired) electrons. The minimum Gasteiger partial charge on any atom is -0.494 e. The highest BCUT2D eigenvalue weighted by molar-refractivity contribution is 5.81. The third-order valence-corrected chi connectivity index (χ3v) is 3.24. The zero-order valence-electron chi connectivity index (χ0n) is 11.4. The van der Waals surface area contributed by atoms with Crippen LogP contribution < -0.4 is 10.1 Å². The molecule has 1 aromatic carbocycles. The molecule has 2 rings (SSSR count). The number of nitrogens with one attached hydrogen (secondary N) is 1. The van der Waals surface area contributed by atoms with Crippen LogP contribution in [-0.2, 0) is 4.79 Å². The first-order valence-electron chi connectivity index (χ1n) is 6.68. The van der Waals surface area contributed by atoms with Crippen LogP contribution in [0.25, 0.3) is 0 Å². The summed E-state index contributed by atoms with van der Waals surface area (Å²) in [4.78, 5) is 21.6. The van der Waals surface area contributed by atoms with Crippen molar-refractivity contribution in [1.82, 2.24) is 5.32 Å². The highest BCUT2D eigenvalue weighted by Gasteiger charge is 2.53. The summed E-state index contributed by atoms with van der Waals surface area (Å²) in [5, 5.41) is 13.1. The SMILES string of the molecule is Cc1cccc(OCCCNC(=O)C2CC2[N+](=O)[O-])c1. The Balaban J connectivity index is 1.58. The molecule has 0 bridgehead atoms. The molecule has 0 aromatic heterocycles. The number of hydrogen-bond donors (Lipinski definition) is 1. The molecule has 0 spiro atoms. The third kappa shape index (κ3) is 3.94. The molecular weight excluding hydrogens is 260 g/mol. The summed E-state index contributed by atoms with van der Waals surface area (Å²) in [5.74, 6) is 0.150. The van der Waals surface area contributed by atoms with Crippen molar-refractivity contribution < 1.29 is 14.5 Å². The number of amides is 1. The van der Waals surface area contributed by atoms with Gasteiger partial charge in [0.05, 0.1) is 6.61 Å². The minimum absolute atomic E-state index is 0.220. The normalized spacial score (nSPS) is 20.2. The molecule has 0 aliphatic heterocycles. The number of hydrogen-bond acceptors (Lipinski definition) is 4. The van der Waals surface area contributed by atoms with E-state index in [4.69, 9.17) is 4.74 Å². The molecule has 1 aliphatic carbocycles. The molecule has 1 saturated carbocycles. The summed E-state index contributed by atoms with van der Waals surface area (Å²) >= 11 is 0. The molecular formula is C14H18N2O4. The van der Waals surface area contributed by atoms with Gasteiger partial charge in [-0.15, -0.1) is 0 Å². The summed E-state index contributed by atoms with van der Waals surface area (Å²) in [7, 11) is 0. The lowest BCUT2D eigenvalue weighted by Gasteiger charge is -2.07. The Hall–Kier alpha value is -2.11. The molecule has 1 aromatic rings. The lowest BCUT2D eigenvalue weighted by molar-refractivity contribution is -0.497. The molecule has 0 saturated heterocycles. The van der Waals surface area contributed by atoms with E-state index in [0.29, 0.717) is 26.0 Å². The smallest absolute Gasteiger partial charge is 0.230 e. The maximum absolute atomic E-state index is 11.5. The lowest BCUT2D eigenvalue weighted by Crippen LogP contribution is -2.28. The van der Waals surface area contributed by atoms with E-state index in [1.807, 2.05) is 31.2 Å². The number of nitro groups is 1. The van der Waals surface area contributed by atoms with Gasteiger partial charge in [-0.05, 0) is 31.0 Å². The Morgan fingerprint density at radius 2 is 2.35 bits per heavy atom. The van der Waals surface area contributed by atoms with Gasteiger partial charge in [0.2, 0.25) is 11.9 Å². The lowest BCUT2D eigenvalue weighted by atomic mass is 10.2. The zero-order valence-corrected chi connectivity index (χ0v) is 11.4. The molecule has 20 heavy (non-hydrogen) atoms. The quantitative estimate of drug-likeness (QED) is 0.466. The number of ether oxygens (including phenoxy) is 1. The van der Waals surface area contributed by atoms with Crippen molar-refractivity contribution in [3.63, 3.8) is 0 Å². The van der Waals surface area contributed by atoms with Gasteiger partial charge < -0.3 is 10.1 Å². The minimum atomic E-state index is -0.682. The summed E-state index contributed by atoms with van der Waals surface area (Å²) in [6.07, 6.45) is 1.04. The van der Waals surface area contributed by atoms with Crippen LogP contribution >= 0.6 is 0 Å². The number of nitrogens with zero attached hydrogens (tertiary/aromatic N) is 1. The Labute approximate surface area is 117 Å². The van der Waals surface area contributed by atoms with Gasteiger partial charge in [-0.2, -0.15) is 0 Å². The van der Waals surface area contributed by atoms with Crippen LogP contribution in [-0.4, -0.2) is 30.0 Å². The summed E-state index contributed by atoms with van der Waals surface area (Å²) in [6, 6.07) is 7.08. The van der Waals surface area contributed by atoms with Crippen molar-refractivity contribution in [2.75, 3.05) is 13.2 Å². The fourth-order valence-electron chi connectivity index (χ4n) is 2.01. The molecule has 1 fully saturated rings. The monoisotopic (exact) mass is 278 g/mol. The number of rotatable bonds is 7. The van der Waals surface area contributed by atoms with E-state index in [1.54, 1.807) is 0 Å². The predicted octanol–water partition coefficient (Wildman–Crippen LogP) is 1.55.